The first-order valence-corrected chi connectivity index (χ1v) is 4.83. The quantitative estimate of drug-likeness (QED) is 0.505. The fraction of sp³-hybridized carbons (Fsp3) is 0.0909. The molecule has 0 radical (unpaired) electrons. The molecule has 1 heteroatoms. The second-order valence-corrected chi connectivity index (χ2v) is 2.84. The molecule has 0 aliphatic heterocycles. The molecule has 0 N–H and O–H groups in total. The van der Waals surface area contributed by atoms with Crippen LogP contribution >= 0.6 is 15.9 Å². The van der Waals surface area contributed by atoms with Crippen LogP contribution in [0, 0.1) is 11.8 Å². The van der Waals surface area contributed by atoms with Crippen LogP contribution in [0.3, 0.4) is 0 Å². The molecule has 1 aromatic carbocycles. The van der Waals surface area contributed by atoms with E-state index in [0.717, 1.165) is 10.9 Å². The second kappa shape index (κ2) is 5.62. The van der Waals surface area contributed by atoms with Crippen LogP contribution in [0.15, 0.2) is 42.5 Å². The summed E-state index contributed by atoms with van der Waals surface area (Å²) in [6.45, 7) is 0. The monoisotopic (exact) mass is 220 g/mol. The van der Waals surface area contributed by atoms with Crippen molar-refractivity contribution in [3.8, 4) is 11.8 Å². The predicted octanol–water partition coefficient (Wildman–Crippen LogP) is 2.99. The highest BCUT2D eigenvalue weighted by Gasteiger charge is 1.78. The molecule has 0 atom stereocenters. The molecule has 0 fully saturated rings. The maximum absolute atomic E-state index is 3.28. The largest absolute Gasteiger partial charge is 0.0883 e. The van der Waals surface area contributed by atoms with Gasteiger partial charge >= 0.3 is 0 Å². The topological polar surface area (TPSA) is 0 Å². The third-order valence-electron chi connectivity index (χ3n) is 1.28. The SMILES string of the molecule is BrC/C=C/C#Cc1ccccc1. The second-order valence-electron chi connectivity index (χ2n) is 2.19. The van der Waals surface area contributed by atoms with Crippen LogP contribution in [0.5, 0.6) is 0 Å². The molecule has 60 valence electrons. The molecule has 0 aliphatic rings. The molecular formula is C11H9Br. The molecule has 0 heterocycles. The summed E-state index contributed by atoms with van der Waals surface area (Å²) < 4.78 is 0. The van der Waals surface area contributed by atoms with Gasteiger partial charge in [-0.25, -0.2) is 0 Å². The number of halogens is 1. The van der Waals surface area contributed by atoms with Gasteiger partial charge in [0.2, 0.25) is 0 Å². The van der Waals surface area contributed by atoms with Crippen LogP contribution in [-0.2, 0) is 0 Å². The molecule has 0 amide bonds. The number of hydrogen-bond acceptors (Lipinski definition) is 0. The molecule has 0 nitrogen and oxygen atoms in total. The van der Waals surface area contributed by atoms with E-state index in [0.29, 0.717) is 0 Å². The first-order valence-electron chi connectivity index (χ1n) is 3.71. The first kappa shape index (κ1) is 9.09. The smallest absolute Gasteiger partial charge is 0.0248 e. The van der Waals surface area contributed by atoms with Gasteiger partial charge in [0, 0.05) is 10.9 Å². The lowest BCUT2D eigenvalue weighted by Gasteiger charge is -1.84. The van der Waals surface area contributed by atoms with Crippen molar-refractivity contribution < 1.29 is 0 Å². The van der Waals surface area contributed by atoms with Gasteiger partial charge in [-0.05, 0) is 18.2 Å². The zero-order valence-electron chi connectivity index (χ0n) is 6.63. The van der Waals surface area contributed by atoms with Gasteiger partial charge in [-0.2, -0.15) is 0 Å². The number of benzene rings is 1. The number of alkyl halides is 1. The van der Waals surface area contributed by atoms with Gasteiger partial charge in [0.15, 0.2) is 0 Å². The summed E-state index contributed by atoms with van der Waals surface area (Å²) in [7, 11) is 0. The molecule has 0 bridgehead atoms. The van der Waals surface area contributed by atoms with E-state index >= 15 is 0 Å². The third kappa shape index (κ3) is 3.41. The van der Waals surface area contributed by atoms with Gasteiger partial charge in [-0.1, -0.05) is 52.0 Å². The Morgan fingerprint density at radius 3 is 2.67 bits per heavy atom. The highest BCUT2D eigenvalue weighted by Crippen LogP contribution is 1.94. The van der Waals surface area contributed by atoms with E-state index in [2.05, 4.69) is 27.8 Å². The van der Waals surface area contributed by atoms with Gasteiger partial charge in [0.25, 0.3) is 0 Å². The van der Waals surface area contributed by atoms with Crippen molar-refractivity contribution in [2.45, 2.75) is 0 Å². The Hall–Kier alpha value is -1.00. The van der Waals surface area contributed by atoms with Crippen LogP contribution in [0.25, 0.3) is 0 Å². The van der Waals surface area contributed by atoms with Crippen molar-refractivity contribution >= 4 is 15.9 Å². The highest BCUT2D eigenvalue weighted by atomic mass is 79.9. The normalized spacial score (nSPS) is 9.42. The number of rotatable bonds is 1. The van der Waals surface area contributed by atoms with Crippen LogP contribution in [0.4, 0.5) is 0 Å². The van der Waals surface area contributed by atoms with Gasteiger partial charge in [-0.3, -0.25) is 0 Å². The van der Waals surface area contributed by atoms with Crippen molar-refractivity contribution in [1.29, 1.82) is 0 Å². The van der Waals surface area contributed by atoms with Crippen molar-refractivity contribution in [2.75, 3.05) is 5.33 Å². The summed E-state index contributed by atoms with van der Waals surface area (Å²) in [6, 6.07) is 9.94. The summed E-state index contributed by atoms with van der Waals surface area (Å²) in [5.41, 5.74) is 1.05. The Balaban J connectivity index is 2.61. The molecule has 0 saturated carbocycles. The molecule has 0 spiro atoms. The number of hydrogen-bond donors (Lipinski definition) is 0. The maximum Gasteiger partial charge on any atom is 0.0248 e. The van der Waals surface area contributed by atoms with E-state index in [4.69, 9.17) is 0 Å². The summed E-state index contributed by atoms with van der Waals surface area (Å²) in [4.78, 5) is 0. The predicted molar refractivity (Wildman–Crippen MR) is 56.3 cm³/mol. The summed E-state index contributed by atoms with van der Waals surface area (Å²) >= 11 is 3.28. The van der Waals surface area contributed by atoms with E-state index in [1.165, 1.54) is 0 Å². The van der Waals surface area contributed by atoms with Crippen LogP contribution in [-0.4, -0.2) is 5.33 Å². The molecule has 0 aliphatic carbocycles. The van der Waals surface area contributed by atoms with Crippen LogP contribution in [0.1, 0.15) is 5.56 Å². The average Bonchev–Trinajstić information content (AvgIpc) is 2.14. The fourth-order valence-corrected chi connectivity index (χ4v) is 0.937. The standard InChI is InChI=1S/C11H9Br/c12-10-6-2-5-9-11-7-3-1-4-8-11/h1-4,6-8H,10H2/b6-2+. The van der Waals surface area contributed by atoms with E-state index < -0.39 is 0 Å². The zero-order chi connectivity index (χ0) is 8.65. The van der Waals surface area contributed by atoms with Gasteiger partial charge in [0.1, 0.15) is 0 Å². The highest BCUT2D eigenvalue weighted by molar-refractivity contribution is 9.09. The minimum Gasteiger partial charge on any atom is -0.0883 e. The maximum atomic E-state index is 3.28. The van der Waals surface area contributed by atoms with Gasteiger partial charge in [0.05, 0.1) is 0 Å². The minimum absolute atomic E-state index is 0.858. The third-order valence-corrected chi connectivity index (χ3v) is 1.65. The fourth-order valence-electron chi connectivity index (χ4n) is 0.750. The lowest BCUT2D eigenvalue weighted by atomic mass is 10.2. The van der Waals surface area contributed by atoms with E-state index in [-0.39, 0.29) is 0 Å². The molecule has 1 aromatic rings. The van der Waals surface area contributed by atoms with Crippen molar-refractivity contribution in [1.82, 2.24) is 0 Å². The van der Waals surface area contributed by atoms with Crippen LogP contribution < -0.4 is 0 Å². The molecule has 0 aromatic heterocycles. The Labute approximate surface area is 81.4 Å². The Morgan fingerprint density at radius 1 is 1.25 bits per heavy atom. The molecular weight excluding hydrogens is 212 g/mol. The first-order chi connectivity index (χ1) is 5.93. The van der Waals surface area contributed by atoms with E-state index in [1.807, 2.05) is 42.5 Å². The van der Waals surface area contributed by atoms with E-state index in [1.54, 1.807) is 0 Å². The zero-order valence-corrected chi connectivity index (χ0v) is 8.21. The molecule has 1 rings (SSSR count). The lowest BCUT2D eigenvalue weighted by Crippen LogP contribution is -1.68. The minimum atomic E-state index is 0.858. The summed E-state index contributed by atoms with van der Waals surface area (Å²) in [5, 5.41) is 0.858. The Bertz CT molecular complexity index is 301. The number of allylic oxidation sites excluding steroid dienone is 2. The summed E-state index contributed by atoms with van der Waals surface area (Å²) in [5.74, 6) is 5.96. The Morgan fingerprint density at radius 2 is 2.00 bits per heavy atom. The molecule has 0 saturated heterocycles. The van der Waals surface area contributed by atoms with Crippen molar-refractivity contribution in [3.63, 3.8) is 0 Å². The van der Waals surface area contributed by atoms with Gasteiger partial charge < -0.3 is 0 Å². The average molecular weight is 221 g/mol. The molecule has 12 heavy (non-hydrogen) atoms. The Kier molecular flexibility index (Phi) is 4.26. The van der Waals surface area contributed by atoms with Gasteiger partial charge in [-0.15, -0.1) is 0 Å². The van der Waals surface area contributed by atoms with Crippen LogP contribution in [0.2, 0.25) is 0 Å². The lowest BCUT2D eigenvalue weighted by molar-refractivity contribution is 1.65. The van der Waals surface area contributed by atoms with Crippen molar-refractivity contribution in [2.24, 2.45) is 0 Å². The molecule has 0 unspecified atom stereocenters. The van der Waals surface area contributed by atoms with E-state index in [9.17, 15) is 0 Å². The summed E-state index contributed by atoms with van der Waals surface area (Å²) in [6.07, 6.45) is 3.82. The van der Waals surface area contributed by atoms with Crippen molar-refractivity contribution in [3.05, 3.63) is 48.0 Å².